The highest BCUT2D eigenvalue weighted by Crippen LogP contribution is 2.13. The Morgan fingerprint density at radius 1 is 1.37 bits per heavy atom. The van der Waals surface area contributed by atoms with Crippen LogP contribution < -0.4 is 10.2 Å². The van der Waals surface area contributed by atoms with Gasteiger partial charge in [-0.25, -0.2) is 4.79 Å². The third-order valence-electron chi connectivity index (χ3n) is 2.51. The molecule has 0 N–H and O–H groups in total. The van der Waals surface area contributed by atoms with Crippen molar-refractivity contribution in [2.45, 2.75) is 26.7 Å². The van der Waals surface area contributed by atoms with Gasteiger partial charge in [-0.1, -0.05) is 24.9 Å². The van der Waals surface area contributed by atoms with Gasteiger partial charge < -0.3 is 9.47 Å². The summed E-state index contributed by atoms with van der Waals surface area (Å²) in [5.41, 5.74) is 1.35. The molecule has 2 radical (unpaired) electrons. The van der Waals surface area contributed by atoms with E-state index in [2.05, 4.69) is 6.92 Å². The van der Waals surface area contributed by atoms with E-state index in [1.807, 2.05) is 12.1 Å². The van der Waals surface area contributed by atoms with E-state index in [0.29, 0.717) is 18.7 Å². The summed E-state index contributed by atoms with van der Waals surface area (Å²) >= 11 is 0. The lowest BCUT2D eigenvalue weighted by atomic mass is 9.90. The first kappa shape index (κ1) is 15.4. The van der Waals surface area contributed by atoms with Gasteiger partial charge >= 0.3 is 5.97 Å². The van der Waals surface area contributed by atoms with E-state index in [4.69, 9.17) is 17.3 Å². The van der Waals surface area contributed by atoms with Crippen molar-refractivity contribution in [1.82, 2.24) is 0 Å². The Kier molecular flexibility index (Phi) is 6.79. The number of esters is 1. The first-order chi connectivity index (χ1) is 9.17. The van der Waals surface area contributed by atoms with Crippen LogP contribution in [0.2, 0.25) is 0 Å². The minimum Gasteiger partial charge on any atom is -0.494 e. The molecule has 0 aromatic heterocycles. The Bertz CT molecular complexity index is 441. The maximum atomic E-state index is 11.2. The van der Waals surface area contributed by atoms with Crippen LogP contribution in [0.4, 0.5) is 0 Å². The van der Waals surface area contributed by atoms with Crippen LogP contribution >= 0.6 is 0 Å². The molecule has 0 aliphatic carbocycles. The summed E-state index contributed by atoms with van der Waals surface area (Å²) in [6, 6.07) is 5.42. The summed E-state index contributed by atoms with van der Waals surface area (Å²) in [5.74, 6) is 0.380. The summed E-state index contributed by atoms with van der Waals surface area (Å²) in [5, 5.41) is 0. The van der Waals surface area contributed by atoms with E-state index >= 15 is 0 Å². The van der Waals surface area contributed by atoms with Crippen molar-refractivity contribution in [2.75, 3.05) is 13.2 Å². The molecule has 0 aliphatic rings. The summed E-state index contributed by atoms with van der Waals surface area (Å²) in [7, 11) is 5.85. The fourth-order valence-electron chi connectivity index (χ4n) is 1.47. The molecule has 4 heteroatoms. The molecule has 1 rings (SSSR count). The number of benzene rings is 1. The smallest absolute Gasteiger partial charge is 0.330 e. The lowest BCUT2D eigenvalue weighted by Crippen LogP contribution is -2.08. The van der Waals surface area contributed by atoms with E-state index in [1.54, 1.807) is 19.1 Å². The molecule has 0 aliphatic heterocycles. The van der Waals surface area contributed by atoms with E-state index in [1.165, 1.54) is 6.08 Å². The normalized spacial score (nSPS) is 10.6. The van der Waals surface area contributed by atoms with Gasteiger partial charge in [-0.3, -0.25) is 0 Å². The van der Waals surface area contributed by atoms with E-state index in [0.717, 1.165) is 24.2 Å². The fraction of sp³-hybridized carbons (Fsp3) is 0.400. The minimum absolute atomic E-state index is 0.360. The monoisotopic (exact) mass is 258 g/mol. The lowest BCUT2D eigenvalue weighted by Gasteiger charge is -2.08. The number of carbonyl (C=O) groups is 1. The molecule has 0 amide bonds. The Morgan fingerprint density at radius 3 is 2.84 bits per heavy atom. The predicted molar refractivity (Wildman–Crippen MR) is 77.9 cm³/mol. The van der Waals surface area contributed by atoms with Crippen LogP contribution in [0, 0.1) is 0 Å². The van der Waals surface area contributed by atoms with Gasteiger partial charge in [0.1, 0.15) is 13.6 Å². The molecule has 1 aromatic rings. The van der Waals surface area contributed by atoms with E-state index in [9.17, 15) is 4.79 Å². The van der Waals surface area contributed by atoms with Crippen LogP contribution in [0.1, 0.15) is 32.3 Å². The highest BCUT2D eigenvalue weighted by Gasteiger charge is 2.00. The van der Waals surface area contributed by atoms with Gasteiger partial charge in [0.2, 0.25) is 0 Å². The quantitative estimate of drug-likeness (QED) is 0.325. The third kappa shape index (κ3) is 5.64. The molecule has 0 bridgehead atoms. The molecule has 1 aromatic carbocycles. The molecule has 0 fully saturated rings. The van der Waals surface area contributed by atoms with Crippen molar-refractivity contribution < 1.29 is 14.3 Å². The average molecular weight is 258 g/mol. The predicted octanol–water partition coefficient (Wildman–Crippen LogP) is 2.24. The Balaban J connectivity index is 2.71. The van der Waals surface area contributed by atoms with Gasteiger partial charge in [0.25, 0.3) is 0 Å². The third-order valence-corrected chi connectivity index (χ3v) is 2.51. The number of hydrogen-bond acceptors (Lipinski definition) is 3. The zero-order valence-corrected chi connectivity index (χ0v) is 11.5. The number of rotatable bonds is 7. The standard InChI is InChI=1S/C15H19BO3/c1-3-5-10-19-13-7-8-14(16)12(11-13)6-9-15(17)18-4-2/h6-9,11H,3-5,10H2,1-2H3/b9-6+. The molecule has 3 nitrogen and oxygen atoms in total. The first-order valence-corrected chi connectivity index (χ1v) is 6.54. The van der Waals surface area contributed by atoms with Crippen molar-refractivity contribution >= 4 is 25.4 Å². The maximum Gasteiger partial charge on any atom is 0.330 e. The molecule has 0 unspecified atom stereocenters. The van der Waals surface area contributed by atoms with Gasteiger partial charge in [-0.2, -0.15) is 0 Å². The van der Waals surface area contributed by atoms with Gasteiger partial charge in [0.05, 0.1) is 13.2 Å². The topological polar surface area (TPSA) is 35.5 Å². The second-order valence-electron chi connectivity index (χ2n) is 4.08. The summed E-state index contributed by atoms with van der Waals surface area (Å²) in [6.45, 7) is 4.92. The molecule has 19 heavy (non-hydrogen) atoms. The summed E-state index contributed by atoms with van der Waals surface area (Å²) in [6.07, 6.45) is 5.11. The molecular formula is C15H19BO3. The van der Waals surface area contributed by atoms with Crippen molar-refractivity contribution in [2.24, 2.45) is 0 Å². The van der Waals surface area contributed by atoms with E-state index in [-0.39, 0.29) is 5.97 Å². The molecule has 100 valence electrons. The summed E-state index contributed by atoms with van der Waals surface area (Å²) in [4.78, 5) is 11.2. The number of hydrogen-bond donors (Lipinski definition) is 0. The van der Waals surface area contributed by atoms with Crippen molar-refractivity contribution in [1.29, 1.82) is 0 Å². The SMILES string of the molecule is [B]c1ccc(OCCCC)cc1/C=C/C(=O)OCC. The highest BCUT2D eigenvalue weighted by molar-refractivity contribution is 6.34. The second-order valence-corrected chi connectivity index (χ2v) is 4.08. The largest absolute Gasteiger partial charge is 0.494 e. The Morgan fingerprint density at radius 2 is 2.16 bits per heavy atom. The zero-order chi connectivity index (χ0) is 14.1. The van der Waals surface area contributed by atoms with Gasteiger partial charge in [0, 0.05) is 6.08 Å². The van der Waals surface area contributed by atoms with Gasteiger partial charge in [-0.05, 0) is 37.1 Å². The number of carbonyl (C=O) groups excluding carboxylic acids is 1. The lowest BCUT2D eigenvalue weighted by molar-refractivity contribution is -0.137. The van der Waals surface area contributed by atoms with Crippen molar-refractivity contribution in [3.63, 3.8) is 0 Å². The average Bonchev–Trinajstić information content (AvgIpc) is 2.40. The van der Waals surface area contributed by atoms with Gasteiger partial charge in [0.15, 0.2) is 0 Å². The molecule has 0 spiro atoms. The minimum atomic E-state index is -0.376. The van der Waals surface area contributed by atoms with Crippen LogP contribution in [-0.4, -0.2) is 27.0 Å². The number of unbranched alkanes of at least 4 members (excludes halogenated alkanes) is 1. The second kappa shape index (κ2) is 8.41. The van der Waals surface area contributed by atoms with Crippen LogP contribution in [-0.2, 0) is 9.53 Å². The van der Waals surface area contributed by atoms with Crippen molar-refractivity contribution in [3.05, 3.63) is 29.8 Å². The van der Waals surface area contributed by atoms with Crippen LogP contribution in [0.3, 0.4) is 0 Å². The molecule has 0 saturated heterocycles. The van der Waals surface area contributed by atoms with Crippen LogP contribution in [0.5, 0.6) is 5.75 Å². The maximum absolute atomic E-state index is 11.2. The molecular weight excluding hydrogens is 239 g/mol. The first-order valence-electron chi connectivity index (χ1n) is 6.54. The fourth-order valence-corrected chi connectivity index (χ4v) is 1.47. The van der Waals surface area contributed by atoms with E-state index < -0.39 is 0 Å². The molecule has 0 heterocycles. The number of ether oxygens (including phenoxy) is 2. The van der Waals surface area contributed by atoms with Crippen LogP contribution in [0.25, 0.3) is 6.08 Å². The summed E-state index contributed by atoms with van der Waals surface area (Å²) < 4.78 is 10.4. The highest BCUT2D eigenvalue weighted by atomic mass is 16.5. The van der Waals surface area contributed by atoms with Crippen LogP contribution in [0.15, 0.2) is 24.3 Å². The Hall–Kier alpha value is -1.71. The zero-order valence-electron chi connectivity index (χ0n) is 11.5. The molecule has 0 saturated carbocycles. The Labute approximate surface area is 116 Å². The molecule has 0 atom stereocenters. The van der Waals surface area contributed by atoms with Gasteiger partial charge in [-0.15, -0.1) is 0 Å². The van der Waals surface area contributed by atoms with Crippen molar-refractivity contribution in [3.8, 4) is 5.75 Å².